The second kappa shape index (κ2) is 24.7. The lowest BCUT2D eigenvalue weighted by Gasteiger charge is -2.39. The van der Waals surface area contributed by atoms with Gasteiger partial charge in [0.05, 0.1) is 61.4 Å². The molecule has 9 unspecified atom stereocenters. The maximum absolute atomic E-state index is 14.2. The first kappa shape index (κ1) is 53.0. The summed E-state index contributed by atoms with van der Waals surface area (Å²) in [6.45, 7) is 17.5. The molecule has 0 saturated carbocycles. The minimum atomic E-state index is -0.842. The number of benzene rings is 1. The lowest BCUT2D eigenvalue weighted by atomic mass is 9.90. The van der Waals surface area contributed by atoms with Crippen molar-refractivity contribution in [3.8, 4) is 0 Å². The van der Waals surface area contributed by atoms with E-state index in [4.69, 9.17) is 14.2 Å². The minimum Gasteiger partial charge on any atom is -0.444 e. The molecule has 2 aliphatic rings. The molecule has 0 aromatic heterocycles. The molecule has 1 fully saturated rings. The highest BCUT2D eigenvalue weighted by Gasteiger charge is 2.42. The SMILES string of the molecule is CCC(C)C(C(CC(=O)N1CCCC1C(OC)C(C)C(=O)NC(C)C(O)C1=CCCC=C1)OC)N(C)C(=O)CNC(=O)C(C(C)C)N(C)Cc1cccc(NC(=O)OC(C)(C)C)c1. The van der Waals surface area contributed by atoms with Crippen LogP contribution in [0.25, 0.3) is 0 Å². The number of nitrogens with one attached hydrogen (secondary N) is 3. The number of allylic oxidation sites excluding steroid dienone is 2. The Bertz CT molecular complexity index is 1740. The Morgan fingerprint density at radius 1 is 0.984 bits per heavy atom. The Balaban J connectivity index is 1.66. The lowest BCUT2D eigenvalue weighted by Crippen LogP contribution is -2.55. The number of carbonyl (C=O) groups is 5. The molecule has 1 heterocycles. The molecule has 15 nitrogen and oxygen atoms in total. The summed E-state index contributed by atoms with van der Waals surface area (Å²) in [4.78, 5) is 73.0. The van der Waals surface area contributed by atoms with Gasteiger partial charge in [-0.1, -0.05) is 71.4 Å². The van der Waals surface area contributed by atoms with Gasteiger partial charge in [-0.05, 0) is 95.5 Å². The standard InChI is InChI=1S/C48H78N6O9/c1-14-31(4)42(53(11)40(56)28-49-46(59)41(30(2)3)52(10)29-34-20-18-23-36(26-34)51-47(60)63-48(7,8)9)38(61-12)27-39(55)54-25-19-24-37(54)44(62-13)32(5)45(58)50-33(6)43(57)35-21-16-15-17-22-35/h16,18,20-23,26,30-33,37-38,41-44,57H,14-15,17,19,24-25,27-29H2,1-13H3,(H,49,59)(H,50,58)(H,51,60). The molecule has 1 aliphatic carbocycles. The summed E-state index contributed by atoms with van der Waals surface area (Å²) in [5.74, 6) is -1.79. The van der Waals surface area contributed by atoms with E-state index >= 15 is 0 Å². The van der Waals surface area contributed by atoms with E-state index in [1.807, 2.05) is 76.1 Å². The summed E-state index contributed by atoms with van der Waals surface area (Å²) >= 11 is 0. The largest absolute Gasteiger partial charge is 0.444 e. The van der Waals surface area contributed by atoms with Crippen molar-refractivity contribution < 1.29 is 43.3 Å². The number of ether oxygens (including phenoxy) is 3. The van der Waals surface area contributed by atoms with Gasteiger partial charge >= 0.3 is 6.09 Å². The molecule has 9 atom stereocenters. The molecule has 354 valence electrons. The fourth-order valence-corrected chi connectivity index (χ4v) is 8.86. The van der Waals surface area contributed by atoms with Crippen molar-refractivity contribution in [1.82, 2.24) is 25.3 Å². The Morgan fingerprint density at radius 3 is 2.27 bits per heavy atom. The van der Waals surface area contributed by atoms with Gasteiger partial charge in [0, 0.05) is 40.0 Å². The van der Waals surface area contributed by atoms with E-state index in [1.165, 1.54) is 0 Å². The first-order valence-electron chi connectivity index (χ1n) is 22.7. The van der Waals surface area contributed by atoms with E-state index in [1.54, 1.807) is 71.8 Å². The van der Waals surface area contributed by atoms with Crippen LogP contribution < -0.4 is 16.0 Å². The van der Waals surface area contributed by atoms with Crippen molar-refractivity contribution in [2.75, 3.05) is 46.7 Å². The number of hydrogen-bond acceptors (Lipinski definition) is 10. The van der Waals surface area contributed by atoms with E-state index in [0.29, 0.717) is 31.6 Å². The highest BCUT2D eigenvalue weighted by atomic mass is 16.6. The van der Waals surface area contributed by atoms with E-state index in [-0.39, 0.29) is 54.5 Å². The van der Waals surface area contributed by atoms with Gasteiger partial charge in [0.1, 0.15) is 5.60 Å². The van der Waals surface area contributed by atoms with E-state index in [9.17, 15) is 29.1 Å². The Labute approximate surface area is 376 Å². The molecule has 4 N–H and O–H groups in total. The zero-order chi connectivity index (χ0) is 47.2. The number of nitrogens with zero attached hydrogens (tertiary/aromatic N) is 3. The molecule has 5 amide bonds. The summed E-state index contributed by atoms with van der Waals surface area (Å²) in [7, 11) is 6.63. The summed E-state index contributed by atoms with van der Waals surface area (Å²) in [5.41, 5.74) is 1.60. The van der Waals surface area contributed by atoms with Crippen LogP contribution in [0.2, 0.25) is 0 Å². The second-order valence-electron chi connectivity index (χ2n) is 18.7. The molecule has 63 heavy (non-hydrogen) atoms. The van der Waals surface area contributed by atoms with E-state index in [0.717, 1.165) is 30.4 Å². The van der Waals surface area contributed by atoms with E-state index in [2.05, 4.69) is 16.0 Å². The van der Waals surface area contributed by atoms with Crippen LogP contribution in [-0.2, 0) is 39.9 Å². The van der Waals surface area contributed by atoms with Crippen molar-refractivity contribution in [2.45, 2.75) is 155 Å². The quantitative estimate of drug-likeness (QED) is 0.114. The fourth-order valence-electron chi connectivity index (χ4n) is 8.86. The average Bonchev–Trinajstić information content (AvgIpc) is 3.71. The maximum atomic E-state index is 14.2. The number of likely N-dealkylation sites (N-methyl/N-ethyl adjacent to an activating group) is 2. The normalized spacial score (nSPS) is 19.3. The number of aliphatic hydroxyl groups is 1. The van der Waals surface area contributed by atoms with Gasteiger partial charge in [-0.3, -0.25) is 29.4 Å². The predicted molar refractivity (Wildman–Crippen MR) is 246 cm³/mol. The highest BCUT2D eigenvalue weighted by molar-refractivity contribution is 5.88. The van der Waals surface area contributed by atoms with Crippen molar-refractivity contribution in [2.24, 2.45) is 17.8 Å². The summed E-state index contributed by atoms with van der Waals surface area (Å²) < 4.78 is 17.3. The number of methoxy groups -OCH3 is 2. The van der Waals surface area contributed by atoms with Gasteiger partial charge in [-0.15, -0.1) is 0 Å². The number of rotatable bonds is 22. The van der Waals surface area contributed by atoms with Crippen molar-refractivity contribution in [1.29, 1.82) is 0 Å². The van der Waals surface area contributed by atoms with Crippen LogP contribution in [0, 0.1) is 17.8 Å². The van der Waals surface area contributed by atoms with Crippen molar-refractivity contribution in [3.63, 3.8) is 0 Å². The van der Waals surface area contributed by atoms with Gasteiger partial charge in [-0.2, -0.15) is 0 Å². The van der Waals surface area contributed by atoms with E-state index < -0.39 is 54.0 Å². The minimum absolute atomic E-state index is 0.00354. The number of likely N-dealkylation sites (tertiary alicyclic amines) is 1. The van der Waals surface area contributed by atoms with Crippen LogP contribution in [0.1, 0.15) is 106 Å². The van der Waals surface area contributed by atoms with Crippen LogP contribution >= 0.6 is 0 Å². The molecule has 1 aromatic rings. The lowest BCUT2D eigenvalue weighted by molar-refractivity contribution is -0.146. The molecule has 1 saturated heterocycles. The fraction of sp³-hybridized carbons (Fsp3) is 0.688. The number of hydrogen-bond donors (Lipinski definition) is 4. The Morgan fingerprint density at radius 2 is 1.68 bits per heavy atom. The number of anilines is 1. The maximum Gasteiger partial charge on any atom is 0.412 e. The third-order valence-electron chi connectivity index (χ3n) is 12.3. The summed E-state index contributed by atoms with van der Waals surface area (Å²) in [5, 5.41) is 19.5. The Kier molecular flexibility index (Phi) is 20.8. The first-order valence-corrected chi connectivity index (χ1v) is 22.7. The molecule has 0 bridgehead atoms. The van der Waals surface area contributed by atoms with Crippen LogP contribution in [0.4, 0.5) is 10.5 Å². The van der Waals surface area contributed by atoms with Crippen LogP contribution in [0.3, 0.4) is 0 Å². The van der Waals surface area contributed by atoms with Crippen molar-refractivity contribution in [3.05, 3.63) is 53.6 Å². The topological polar surface area (TPSA) is 179 Å². The molecule has 3 rings (SSSR count). The van der Waals surface area contributed by atoms with Crippen LogP contribution in [0.5, 0.6) is 0 Å². The van der Waals surface area contributed by atoms with Crippen LogP contribution in [-0.4, -0.2) is 139 Å². The molecule has 1 aromatic carbocycles. The molecule has 0 radical (unpaired) electrons. The summed E-state index contributed by atoms with van der Waals surface area (Å²) in [6, 6.07) is 5.43. The van der Waals surface area contributed by atoms with Gasteiger partial charge in [0.25, 0.3) is 0 Å². The third-order valence-corrected chi connectivity index (χ3v) is 12.3. The number of carbonyl (C=O) groups excluding carboxylic acids is 5. The van der Waals surface area contributed by atoms with Gasteiger partial charge < -0.3 is 39.8 Å². The molecule has 15 heteroatoms. The number of aliphatic hydroxyl groups excluding tert-OH is 1. The zero-order valence-corrected chi connectivity index (χ0v) is 40.2. The first-order chi connectivity index (χ1) is 29.6. The second-order valence-corrected chi connectivity index (χ2v) is 18.7. The smallest absolute Gasteiger partial charge is 0.412 e. The molecular formula is C48H78N6O9. The van der Waals surface area contributed by atoms with Gasteiger partial charge in [-0.25, -0.2) is 4.79 Å². The monoisotopic (exact) mass is 883 g/mol. The third kappa shape index (κ3) is 15.4. The highest BCUT2D eigenvalue weighted by Crippen LogP contribution is 2.30. The van der Waals surface area contributed by atoms with Gasteiger partial charge in [0.15, 0.2) is 0 Å². The van der Waals surface area contributed by atoms with Crippen LogP contribution in [0.15, 0.2) is 48.1 Å². The molecular weight excluding hydrogens is 805 g/mol. The van der Waals surface area contributed by atoms with Crippen molar-refractivity contribution >= 4 is 35.4 Å². The number of amides is 5. The Hall–Kier alpha value is -4.31. The van der Waals surface area contributed by atoms with Gasteiger partial charge in [0.2, 0.25) is 23.6 Å². The predicted octanol–water partition coefficient (Wildman–Crippen LogP) is 5.67. The zero-order valence-electron chi connectivity index (χ0n) is 40.2. The summed E-state index contributed by atoms with van der Waals surface area (Å²) in [6.07, 6.45) is 7.15. The average molecular weight is 883 g/mol. The molecule has 0 spiro atoms. The molecule has 1 aliphatic heterocycles.